The molecule has 1 unspecified atom stereocenters. The molecule has 2 bridgehead atoms. The number of aromatic nitrogens is 1. The highest BCUT2D eigenvalue weighted by molar-refractivity contribution is 5.93. The predicted molar refractivity (Wildman–Crippen MR) is 74.1 cm³/mol. The first-order valence-electron chi connectivity index (χ1n) is 7.24. The number of rotatable bonds is 5. The SMILES string of the molecule is COc1cccc(C(NC(=O)C23CC(C(=O)O)(C2)C3)C(F)(F)F)n1. The van der Waals surface area contributed by atoms with E-state index in [1.165, 1.54) is 19.2 Å². The van der Waals surface area contributed by atoms with E-state index in [9.17, 15) is 22.8 Å². The highest BCUT2D eigenvalue weighted by atomic mass is 19.4. The zero-order chi connectivity index (χ0) is 17.8. The number of ether oxygens (including phenoxy) is 1. The van der Waals surface area contributed by atoms with E-state index in [0.29, 0.717) is 0 Å². The first kappa shape index (κ1) is 16.5. The lowest BCUT2D eigenvalue weighted by atomic mass is 9.35. The second kappa shape index (κ2) is 5.09. The summed E-state index contributed by atoms with van der Waals surface area (Å²) in [7, 11) is 1.28. The molecule has 0 radical (unpaired) electrons. The second-order valence-electron chi connectivity index (χ2n) is 6.45. The Kier molecular flexibility index (Phi) is 3.50. The Bertz CT molecular complexity index is 684. The molecule has 9 heteroatoms. The number of pyridine rings is 1. The number of carbonyl (C=O) groups is 2. The van der Waals surface area contributed by atoms with Crippen LogP contribution in [0.25, 0.3) is 0 Å². The summed E-state index contributed by atoms with van der Waals surface area (Å²) < 4.78 is 44.8. The zero-order valence-electron chi connectivity index (χ0n) is 12.7. The van der Waals surface area contributed by atoms with Crippen molar-refractivity contribution in [3.63, 3.8) is 0 Å². The van der Waals surface area contributed by atoms with E-state index in [2.05, 4.69) is 4.98 Å². The van der Waals surface area contributed by atoms with E-state index in [0.717, 1.165) is 6.07 Å². The van der Waals surface area contributed by atoms with Gasteiger partial charge >= 0.3 is 12.1 Å². The number of carboxylic acid groups (broad SMARTS) is 1. The van der Waals surface area contributed by atoms with Crippen molar-refractivity contribution in [1.82, 2.24) is 10.3 Å². The minimum atomic E-state index is -4.73. The summed E-state index contributed by atoms with van der Waals surface area (Å²) in [5.74, 6) is -1.78. The number of amides is 1. The van der Waals surface area contributed by atoms with Crippen molar-refractivity contribution in [3.8, 4) is 5.88 Å². The average Bonchev–Trinajstić information content (AvgIpc) is 2.40. The van der Waals surface area contributed by atoms with Crippen LogP contribution in [0.3, 0.4) is 0 Å². The smallest absolute Gasteiger partial charge is 0.414 e. The van der Waals surface area contributed by atoms with Gasteiger partial charge in [-0.3, -0.25) is 9.59 Å². The van der Waals surface area contributed by atoms with Crippen LogP contribution in [0.15, 0.2) is 18.2 Å². The van der Waals surface area contributed by atoms with E-state index in [1.807, 2.05) is 5.32 Å². The second-order valence-corrected chi connectivity index (χ2v) is 6.45. The Morgan fingerprint density at radius 1 is 1.29 bits per heavy atom. The van der Waals surface area contributed by atoms with Crippen molar-refractivity contribution in [3.05, 3.63) is 23.9 Å². The number of methoxy groups -OCH3 is 1. The molecule has 6 nitrogen and oxygen atoms in total. The summed E-state index contributed by atoms with van der Waals surface area (Å²) in [6, 6.07) is 1.64. The number of nitrogens with zero attached hydrogens (tertiary/aromatic N) is 1. The fourth-order valence-electron chi connectivity index (χ4n) is 3.57. The van der Waals surface area contributed by atoms with Crippen molar-refractivity contribution in [2.24, 2.45) is 10.8 Å². The van der Waals surface area contributed by atoms with Crippen molar-refractivity contribution < 1.29 is 32.6 Å². The molecule has 3 aliphatic rings. The third-order valence-electron chi connectivity index (χ3n) is 4.82. The minimum absolute atomic E-state index is 0.00587. The quantitative estimate of drug-likeness (QED) is 0.854. The van der Waals surface area contributed by atoms with Crippen LogP contribution in [0.4, 0.5) is 13.2 Å². The Labute approximate surface area is 135 Å². The molecule has 130 valence electrons. The number of halogens is 3. The van der Waals surface area contributed by atoms with E-state index in [-0.39, 0.29) is 30.8 Å². The van der Waals surface area contributed by atoms with Gasteiger partial charge in [0.2, 0.25) is 11.8 Å². The summed E-state index contributed by atoms with van der Waals surface area (Å²) >= 11 is 0. The molecule has 0 aliphatic heterocycles. The number of nitrogens with one attached hydrogen (secondary N) is 1. The average molecular weight is 344 g/mol. The van der Waals surface area contributed by atoms with Gasteiger partial charge in [-0.2, -0.15) is 13.2 Å². The molecule has 2 N–H and O–H groups in total. The molecule has 1 amide bonds. The van der Waals surface area contributed by atoms with Crippen LogP contribution in [0.1, 0.15) is 31.0 Å². The Morgan fingerprint density at radius 3 is 2.42 bits per heavy atom. The van der Waals surface area contributed by atoms with Gasteiger partial charge in [0.25, 0.3) is 0 Å². The molecule has 0 saturated heterocycles. The number of carboxylic acids is 1. The fourth-order valence-corrected chi connectivity index (χ4v) is 3.57. The lowest BCUT2D eigenvalue weighted by Crippen LogP contribution is -2.71. The van der Waals surface area contributed by atoms with Crippen LogP contribution in [0.5, 0.6) is 5.88 Å². The number of alkyl halides is 3. The summed E-state index contributed by atoms with van der Waals surface area (Å²) in [5.41, 5.74) is -2.31. The third-order valence-corrected chi connectivity index (χ3v) is 4.82. The lowest BCUT2D eigenvalue weighted by Gasteiger charge is -2.66. The molecule has 1 atom stereocenters. The summed E-state index contributed by atoms with van der Waals surface area (Å²) in [4.78, 5) is 27.1. The molecular weight excluding hydrogens is 329 g/mol. The number of carbonyl (C=O) groups excluding carboxylic acids is 1. The first-order chi connectivity index (χ1) is 11.1. The minimum Gasteiger partial charge on any atom is -0.481 e. The molecule has 1 aromatic heterocycles. The van der Waals surface area contributed by atoms with Gasteiger partial charge in [-0.05, 0) is 25.3 Å². The molecule has 4 rings (SSSR count). The van der Waals surface area contributed by atoms with Crippen LogP contribution in [-0.4, -0.2) is 35.3 Å². The van der Waals surface area contributed by atoms with Gasteiger partial charge in [0.1, 0.15) is 0 Å². The van der Waals surface area contributed by atoms with Crippen molar-refractivity contribution in [2.75, 3.05) is 7.11 Å². The van der Waals surface area contributed by atoms with Gasteiger partial charge in [0, 0.05) is 6.07 Å². The molecule has 1 heterocycles. The van der Waals surface area contributed by atoms with E-state index in [1.54, 1.807) is 0 Å². The van der Waals surface area contributed by atoms with Gasteiger partial charge in [-0.25, -0.2) is 4.98 Å². The van der Waals surface area contributed by atoms with Crippen LogP contribution in [0, 0.1) is 10.8 Å². The van der Waals surface area contributed by atoms with Gasteiger partial charge in [0.15, 0.2) is 6.04 Å². The molecular formula is C15H15F3N2O4. The Hall–Kier alpha value is -2.32. The molecule has 0 spiro atoms. The zero-order valence-corrected chi connectivity index (χ0v) is 12.7. The van der Waals surface area contributed by atoms with Gasteiger partial charge in [-0.1, -0.05) is 6.07 Å². The van der Waals surface area contributed by atoms with E-state index in [4.69, 9.17) is 9.84 Å². The summed E-state index contributed by atoms with van der Waals surface area (Å²) in [6.45, 7) is 0. The maximum atomic E-state index is 13.3. The Morgan fingerprint density at radius 2 is 1.92 bits per heavy atom. The van der Waals surface area contributed by atoms with Crippen LogP contribution >= 0.6 is 0 Å². The van der Waals surface area contributed by atoms with Crippen LogP contribution in [0.2, 0.25) is 0 Å². The number of hydrogen-bond donors (Lipinski definition) is 2. The first-order valence-corrected chi connectivity index (χ1v) is 7.24. The molecule has 24 heavy (non-hydrogen) atoms. The highest BCUT2D eigenvalue weighted by Gasteiger charge is 2.75. The molecule has 1 aromatic rings. The normalized spacial score (nSPS) is 29.0. The van der Waals surface area contributed by atoms with Gasteiger partial charge in [-0.15, -0.1) is 0 Å². The summed E-state index contributed by atoms with van der Waals surface area (Å²) in [6.07, 6.45) is -4.49. The lowest BCUT2D eigenvalue weighted by molar-refractivity contribution is -0.224. The molecule has 3 saturated carbocycles. The van der Waals surface area contributed by atoms with Crippen molar-refractivity contribution in [2.45, 2.75) is 31.5 Å². The highest BCUT2D eigenvalue weighted by Crippen LogP contribution is 2.73. The molecule has 3 fully saturated rings. The number of hydrogen-bond acceptors (Lipinski definition) is 4. The monoisotopic (exact) mass is 344 g/mol. The van der Waals surface area contributed by atoms with E-state index >= 15 is 0 Å². The van der Waals surface area contributed by atoms with Gasteiger partial charge < -0.3 is 15.2 Å². The van der Waals surface area contributed by atoms with Crippen LogP contribution < -0.4 is 10.1 Å². The van der Waals surface area contributed by atoms with Crippen LogP contribution in [-0.2, 0) is 9.59 Å². The predicted octanol–water partition coefficient (Wildman–Crippen LogP) is 2.06. The topological polar surface area (TPSA) is 88.5 Å². The maximum Gasteiger partial charge on any atom is 0.414 e. The molecule has 3 aliphatic carbocycles. The number of aliphatic carboxylic acids is 1. The fraction of sp³-hybridized carbons (Fsp3) is 0.533. The van der Waals surface area contributed by atoms with E-state index < -0.39 is 34.9 Å². The Balaban J connectivity index is 1.77. The maximum absolute atomic E-state index is 13.3. The molecule has 0 aromatic carbocycles. The largest absolute Gasteiger partial charge is 0.481 e. The van der Waals surface area contributed by atoms with Crippen molar-refractivity contribution in [1.29, 1.82) is 0 Å². The summed E-state index contributed by atoms with van der Waals surface area (Å²) in [5, 5.41) is 11.0. The van der Waals surface area contributed by atoms with Gasteiger partial charge in [0.05, 0.1) is 23.6 Å². The standard InChI is InChI=1S/C15H15F3N2O4/c1-24-9-4-2-3-8(19-9)10(15(16,17)18)20-11(21)13-5-14(6-13,7-13)12(22)23/h2-4,10H,5-7H2,1H3,(H,20,21)(H,22,23). The third kappa shape index (κ3) is 2.38. The van der Waals surface area contributed by atoms with Crippen molar-refractivity contribution >= 4 is 11.9 Å².